The molecule has 0 bridgehead atoms. The predicted molar refractivity (Wildman–Crippen MR) is 97.7 cm³/mol. The summed E-state index contributed by atoms with van der Waals surface area (Å²) in [5.74, 6) is 2.68. The fourth-order valence-electron chi connectivity index (χ4n) is 2.98. The number of anilines is 2. The van der Waals surface area contributed by atoms with Crippen LogP contribution in [0.2, 0.25) is 0 Å². The van der Waals surface area contributed by atoms with Gasteiger partial charge in [-0.1, -0.05) is 17.8 Å². The minimum Gasteiger partial charge on any atom is -0.368 e. The van der Waals surface area contributed by atoms with Crippen molar-refractivity contribution in [1.82, 2.24) is 19.9 Å². The average molecular weight is 358 g/mol. The SMILES string of the molecule is Nc1nc(Sc2cccs2)cc(N2CCC[C@H](c3ncc[nH]3)C2)n1. The van der Waals surface area contributed by atoms with Crippen molar-refractivity contribution in [2.24, 2.45) is 0 Å². The Balaban J connectivity index is 1.55. The number of aromatic nitrogens is 4. The Morgan fingerprint density at radius 3 is 3.12 bits per heavy atom. The van der Waals surface area contributed by atoms with Crippen LogP contribution in [0.3, 0.4) is 0 Å². The van der Waals surface area contributed by atoms with Crippen LogP contribution in [0.5, 0.6) is 0 Å². The second-order valence-corrected chi connectivity index (χ2v) is 7.98. The second kappa shape index (κ2) is 6.82. The van der Waals surface area contributed by atoms with E-state index >= 15 is 0 Å². The van der Waals surface area contributed by atoms with Gasteiger partial charge in [-0.2, -0.15) is 4.98 Å². The molecule has 1 aliphatic heterocycles. The van der Waals surface area contributed by atoms with Gasteiger partial charge in [-0.05, 0) is 24.3 Å². The van der Waals surface area contributed by atoms with Crippen LogP contribution in [-0.4, -0.2) is 33.0 Å². The highest BCUT2D eigenvalue weighted by Crippen LogP contribution is 2.33. The first-order valence-electron chi connectivity index (χ1n) is 7.88. The average Bonchev–Trinajstić information content (AvgIpc) is 3.28. The van der Waals surface area contributed by atoms with Gasteiger partial charge in [-0.15, -0.1) is 11.3 Å². The molecule has 0 aliphatic carbocycles. The molecular weight excluding hydrogens is 340 g/mol. The molecule has 0 unspecified atom stereocenters. The third kappa shape index (κ3) is 3.39. The molecule has 3 N–H and O–H groups in total. The van der Waals surface area contributed by atoms with Crippen molar-refractivity contribution < 1.29 is 0 Å². The number of hydrogen-bond donors (Lipinski definition) is 2. The van der Waals surface area contributed by atoms with E-state index in [1.165, 1.54) is 4.21 Å². The lowest BCUT2D eigenvalue weighted by Gasteiger charge is -2.32. The summed E-state index contributed by atoms with van der Waals surface area (Å²) in [4.78, 5) is 18.7. The van der Waals surface area contributed by atoms with Crippen molar-refractivity contribution in [2.75, 3.05) is 23.7 Å². The van der Waals surface area contributed by atoms with Gasteiger partial charge in [0.05, 0.1) is 4.21 Å². The van der Waals surface area contributed by atoms with Crippen LogP contribution >= 0.6 is 23.1 Å². The molecular formula is C16H18N6S2. The lowest BCUT2D eigenvalue weighted by molar-refractivity contribution is 0.491. The number of imidazole rings is 1. The van der Waals surface area contributed by atoms with Crippen LogP contribution in [0.4, 0.5) is 11.8 Å². The number of aromatic amines is 1. The molecule has 4 rings (SSSR count). The van der Waals surface area contributed by atoms with E-state index in [-0.39, 0.29) is 0 Å². The van der Waals surface area contributed by atoms with Crippen molar-refractivity contribution in [3.63, 3.8) is 0 Å². The fraction of sp³-hybridized carbons (Fsp3) is 0.312. The lowest BCUT2D eigenvalue weighted by Crippen LogP contribution is -2.35. The minimum atomic E-state index is 0.326. The molecule has 8 heteroatoms. The molecule has 1 aliphatic rings. The maximum absolute atomic E-state index is 5.95. The van der Waals surface area contributed by atoms with Gasteiger partial charge in [-0.3, -0.25) is 0 Å². The van der Waals surface area contributed by atoms with E-state index in [9.17, 15) is 0 Å². The number of H-pyrrole nitrogens is 1. The molecule has 1 fully saturated rings. The molecule has 6 nitrogen and oxygen atoms in total. The summed E-state index contributed by atoms with van der Waals surface area (Å²) < 4.78 is 1.20. The van der Waals surface area contributed by atoms with Gasteiger partial charge in [0.25, 0.3) is 0 Å². The topological polar surface area (TPSA) is 83.7 Å². The quantitative estimate of drug-likeness (QED) is 0.696. The predicted octanol–water partition coefficient (Wildman–Crippen LogP) is 3.38. The molecule has 3 aromatic rings. The van der Waals surface area contributed by atoms with E-state index < -0.39 is 0 Å². The van der Waals surface area contributed by atoms with Crippen molar-refractivity contribution in [1.29, 1.82) is 0 Å². The van der Waals surface area contributed by atoms with Gasteiger partial charge in [0.1, 0.15) is 16.7 Å². The molecule has 124 valence electrons. The highest BCUT2D eigenvalue weighted by Gasteiger charge is 2.24. The van der Waals surface area contributed by atoms with Crippen LogP contribution in [0.15, 0.2) is 45.2 Å². The second-order valence-electron chi connectivity index (χ2n) is 5.72. The molecule has 1 atom stereocenters. The molecule has 3 aromatic heterocycles. The van der Waals surface area contributed by atoms with Crippen molar-refractivity contribution >= 4 is 34.9 Å². The smallest absolute Gasteiger partial charge is 0.223 e. The van der Waals surface area contributed by atoms with Crippen molar-refractivity contribution in [2.45, 2.75) is 28.0 Å². The summed E-state index contributed by atoms with van der Waals surface area (Å²) in [5.41, 5.74) is 5.95. The Hall–Kier alpha value is -2.06. The third-order valence-corrected chi connectivity index (χ3v) is 6.01. The number of thiophene rings is 1. The maximum atomic E-state index is 5.95. The zero-order valence-corrected chi connectivity index (χ0v) is 14.7. The van der Waals surface area contributed by atoms with E-state index in [2.05, 4.69) is 36.3 Å². The van der Waals surface area contributed by atoms with Gasteiger partial charge < -0.3 is 15.6 Å². The minimum absolute atomic E-state index is 0.326. The summed E-state index contributed by atoms with van der Waals surface area (Å²) in [7, 11) is 0. The fourth-order valence-corrected chi connectivity index (χ4v) is 4.70. The van der Waals surface area contributed by atoms with E-state index in [4.69, 9.17) is 5.73 Å². The number of hydrogen-bond acceptors (Lipinski definition) is 7. The zero-order chi connectivity index (χ0) is 16.4. The first kappa shape index (κ1) is 15.5. The van der Waals surface area contributed by atoms with E-state index in [0.717, 1.165) is 42.6 Å². The molecule has 4 heterocycles. The number of nitrogen functional groups attached to an aromatic ring is 1. The first-order valence-corrected chi connectivity index (χ1v) is 9.58. The molecule has 24 heavy (non-hydrogen) atoms. The molecule has 0 amide bonds. The summed E-state index contributed by atoms with van der Waals surface area (Å²) >= 11 is 3.33. The monoisotopic (exact) mass is 358 g/mol. The van der Waals surface area contributed by atoms with Gasteiger partial charge in [0.15, 0.2) is 0 Å². The summed E-state index contributed by atoms with van der Waals surface area (Å²) in [6.07, 6.45) is 5.95. The maximum Gasteiger partial charge on any atom is 0.223 e. The Kier molecular flexibility index (Phi) is 4.40. The van der Waals surface area contributed by atoms with Gasteiger partial charge in [0.2, 0.25) is 5.95 Å². The van der Waals surface area contributed by atoms with Crippen LogP contribution in [0.25, 0.3) is 0 Å². The van der Waals surface area contributed by atoms with E-state index in [0.29, 0.717) is 11.9 Å². The van der Waals surface area contributed by atoms with Crippen molar-refractivity contribution in [3.8, 4) is 0 Å². The number of nitrogens with one attached hydrogen (secondary N) is 1. The van der Waals surface area contributed by atoms with E-state index in [1.807, 2.05) is 24.5 Å². The van der Waals surface area contributed by atoms with Gasteiger partial charge in [0, 0.05) is 37.5 Å². The Labute approximate surface area is 148 Å². The summed E-state index contributed by atoms with van der Waals surface area (Å²) in [6, 6.07) is 6.16. The lowest BCUT2D eigenvalue weighted by atomic mass is 9.97. The number of piperidine rings is 1. The normalized spacial score (nSPS) is 18.0. The highest BCUT2D eigenvalue weighted by molar-refractivity contribution is 8.01. The molecule has 1 saturated heterocycles. The molecule has 0 spiro atoms. The van der Waals surface area contributed by atoms with Gasteiger partial charge >= 0.3 is 0 Å². The third-order valence-electron chi connectivity index (χ3n) is 4.06. The number of nitrogens with zero attached hydrogens (tertiary/aromatic N) is 4. The Morgan fingerprint density at radius 2 is 2.33 bits per heavy atom. The van der Waals surface area contributed by atoms with Crippen LogP contribution < -0.4 is 10.6 Å². The Bertz CT molecular complexity index is 787. The van der Waals surface area contributed by atoms with E-state index in [1.54, 1.807) is 23.1 Å². The molecule has 0 saturated carbocycles. The number of nitrogens with two attached hydrogens (primary N) is 1. The Morgan fingerprint density at radius 1 is 1.38 bits per heavy atom. The molecule has 0 aromatic carbocycles. The zero-order valence-electron chi connectivity index (χ0n) is 13.1. The largest absolute Gasteiger partial charge is 0.368 e. The van der Waals surface area contributed by atoms with Crippen LogP contribution in [0, 0.1) is 0 Å². The van der Waals surface area contributed by atoms with Crippen LogP contribution in [0.1, 0.15) is 24.6 Å². The highest BCUT2D eigenvalue weighted by atomic mass is 32.2. The van der Waals surface area contributed by atoms with Crippen LogP contribution in [-0.2, 0) is 0 Å². The summed E-state index contributed by atoms with van der Waals surface area (Å²) in [5, 5.41) is 2.95. The summed E-state index contributed by atoms with van der Waals surface area (Å²) in [6.45, 7) is 1.88. The van der Waals surface area contributed by atoms with Crippen molar-refractivity contribution in [3.05, 3.63) is 41.8 Å². The van der Waals surface area contributed by atoms with Gasteiger partial charge in [-0.25, -0.2) is 9.97 Å². The standard InChI is InChI=1S/C16H18N6S2/c17-16-20-12(9-13(21-16)24-14-4-2-8-23-14)22-7-1-3-11(10-22)15-18-5-6-19-15/h2,4-6,8-9,11H,1,3,7,10H2,(H,18,19)(H2,17,20,21)/t11-/m0/s1. The molecule has 0 radical (unpaired) electrons. The number of rotatable bonds is 4. The first-order chi connectivity index (χ1) is 11.8.